The Balaban J connectivity index is 1.41. The van der Waals surface area contributed by atoms with Gasteiger partial charge in [0.25, 0.3) is 15.9 Å². The van der Waals surface area contributed by atoms with Crippen molar-refractivity contribution >= 4 is 61.3 Å². The minimum absolute atomic E-state index is 0.0370. The Hall–Kier alpha value is -2.24. The molecule has 8 nitrogen and oxygen atoms in total. The highest BCUT2D eigenvalue weighted by Crippen LogP contribution is 2.26. The summed E-state index contributed by atoms with van der Waals surface area (Å²) in [5, 5.41) is 10.6. The van der Waals surface area contributed by atoms with Crippen LogP contribution < -0.4 is 14.9 Å². The van der Waals surface area contributed by atoms with E-state index in [1.165, 1.54) is 37.5 Å². The lowest BCUT2D eigenvalue weighted by Crippen LogP contribution is -2.29. The van der Waals surface area contributed by atoms with Crippen LogP contribution in [0.4, 0.5) is 10.8 Å². The summed E-state index contributed by atoms with van der Waals surface area (Å²) in [6.45, 7) is 3.85. The standard InChI is InChI=1S/C22H23Cl2N5O3S2/c1-14(15-5-8-17(9-6-15)29-11-3-2-4-12-29)28-34(31,32)22-27-26-21(33-22)25-20(30)18-10-7-16(23)13-19(18)24/h5-10,13-14,28H,2-4,11-12H2,1H3,(H,25,26,30)/t14-/m1/s1. The van der Waals surface area contributed by atoms with E-state index in [0.29, 0.717) is 5.02 Å². The predicted octanol–water partition coefficient (Wildman–Crippen LogP) is 5.13. The molecule has 2 aromatic carbocycles. The highest BCUT2D eigenvalue weighted by molar-refractivity contribution is 7.91. The Kier molecular flexibility index (Phi) is 7.73. The number of nitrogens with one attached hydrogen (secondary N) is 2. The van der Waals surface area contributed by atoms with Gasteiger partial charge < -0.3 is 4.90 Å². The molecule has 2 N–H and O–H groups in total. The van der Waals surface area contributed by atoms with Crippen molar-refractivity contribution in [2.24, 2.45) is 0 Å². The molecule has 0 radical (unpaired) electrons. The number of nitrogens with zero attached hydrogens (tertiary/aromatic N) is 3. The Morgan fingerprint density at radius 2 is 1.76 bits per heavy atom. The van der Waals surface area contributed by atoms with Gasteiger partial charge in [0, 0.05) is 29.8 Å². The van der Waals surface area contributed by atoms with Gasteiger partial charge >= 0.3 is 0 Å². The smallest absolute Gasteiger partial charge is 0.270 e. The first-order valence-corrected chi connectivity index (χ1v) is 13.8. The van der Waals surface area contributed by atoms with Crippen molar-refractivity contribution in [3.8, 4) is 0 Å². The zero-order valence-corrected chi connectivity index (χ0v) is 21.4. The molecule has 12 heteroatoms. The summed E-state index contributed by atoms with van der Waals surface area (Å²) in [6, 6.07) is 11.9. The molecule has 1 atom stereocenters. The minimum atomic E-state index is -3.94. The lowest BCUT2D eigenvalue weighted by molar-refractivity contribution is 0.102. The van der Waals surface area contributed by atoms with Crippen LogP contribution in [0.25, 0.3) is 0 Å². The summed E-state index contributed by atoms with van der Waals surface area (Å²) >= 11 is 12.7. The second-order valence-electron chi connectivity index (χ2n) is 7.93. The number of anilines is 2. The van der Waals surface area contributed by atoms with E-state index in [-0.39, 0.29) is 20.1 Å². The van der Waals surface area contributed by atoms with Crippen LogP contribution in [0.15, 0.2) is 46.8 Å². The van der Waals surface area contributed by atoms with Crippen molar-refractivity contribution in [2.45, 2.75) is 36.6 Å². The quantitative estimate of drug-likeness (QED) is 0.403. The number of carbonyl (C=O) groups excluding carboxylic acids is 1. The molecule has 1 aliphatic heterocycles. The first kappa shape index (κ1) is 24.9. The van der Waals surface area contributed by atoms with E-state index in [4.69, 9.17) is 23.2 Å². The van der Waals surface area contributed by atoms with Crippen LogP contribution in [0.1, 0.15) is 48.1 Å². The van der Waals surface area contributed by atoms with Crippen LogP contribution in [0, 0.1) is 0 Å². The lowest BCUT2D eigenvalue weighted by atomic mass is 10.1. The molecule has 4 rings (SSSR count). The fourth-order valence-electron chi connectivity index (χ4n) is 3.68. The van der Waals surface area contributed by atoms with E-state index in [0.717, 1.165) is 35.7 Å². The van der Waals surface area contributed by atoms with Crippen molar-refractivity contribution in [3.05, 3.63) is 63.6 Å². The van der Waals surface area contributed by atoms with Gasteiger partial charge in [0.2, 0.25) is 9.47 Å². The zero-order valence-electron chi connectivity index (χ0n) is 18.3. The number of hydrogen-bond acceptors (Lipinski definition) is 7. The largest absolute Gasteiger partial charge is 0.372 e. The van der Waals surface area contributed by atoms with Crippen LogP contribution in [0.5, 0.6) is 0 Å². The summed E-state index contributed by atoms with van der Waals surface area (Å²) in [6.07, 6.45) is 3.64. The Labute approximate surface area is 212 Å². The maximum Gasteiger partial charge on any atom is 0.270 e. The fraction of sp³-hybridized carbons (Fsp3) is 0.318. The van der Waals surface area contributed by atoms with Crippen molar-refractivity contribution in [1.82, 2.24) is 14.9 Å². The molecule has 0 saturated carbocycles. The fourth-order valence-corrected chi connectivity index (χ4v) is 6.32. The average Bonchev–Trinajstić information content (AvgIpc) is 3.29. The van der Waals surface area contributed by atoms with E-state index in [9.17, 15) is 13.2 Å². The maximum atomic E-state index is 12.8. The molecule has 0 spiro atoms. The number of hydrogen-bond donors (Lipinski definition) is 2. The van der Waals surface area contributed by atoms with Crippen LogP contribution in [0.3, 0.4) is 0 Å². The Bertz CT molecular complexity index is 1280. The van der Waals surface area contributed by atoms with Gasteiger partial charge in [-0.3, -0.25) is 10.1 Å². The van der Waals surface area contributed by atoms with Gasteiger partial charge in [-0.2, -0.15) is 0 Å². The number of rotatable bonds is 7. The van der Waals surface area contributed by atoms with Crippen molar-refractivity contribution in [2.75, 3.05) is 23.3 Å². The Morgan fingerprint density at radius 3 is 2.44 bits per heavy atom. The second kappa shape index (κ2) is 10.6. The maximum absolute atomic E-state index is 12.8. The molecule has 2 heterocycles. The third kappa shape index (κ3) is 5.87. The lowest BCUT2D eigenvalue weighted by Gasteiger charge is -2.29. The average molecular weight is 540 g/mol. The molecule has 1 aliphatic rings. The summed E-state index contributed by atoms with van der Waals surface area (Å²) in [5.74, 6) is -0.545. The molecule has 0 bridgehead atoms. The van der Waals surface area contributed by atoms with Gasteiger partial charge in [-0.25, -0.2) is 13.1 Å². The molecule has 3 aromatic rings. The summed E-state index contributed by atoms with van der Waals surface area (Å²) < 4.78 is 28.0. The molecule has 0 aliphatic carbocycles. The van der Waals surface area contributed by atoms with Crippen LogP contribution in [-0.2, 0) is 10.0 Å². The van der Waals surface area contributed by atoms with Gasteiger partial charge in [0.05, 0.1) is 10.6 Å². The van der Waals surface area contributed by atoms with E-state index in [1.807, 2.05) is 24.3 Å². The number of aromatic nitrogens is 2. The zero-order chi connectivity index (χ0) is 24.3. The molecule has 0 unspecified atom stereocenters. The van der Waals surface area contributed by atoms with E-state index < -0.39 is 22.0 Å². The molecule has 1 saturated heterocycles. The summed E-state index contributed by atoms with van der Waals surface area (Å²) in [4.78, 5) is 14.8. The number of sulfonamides is 1. The monoisotopic (exact) mass is 539 g/mol. The first-order valence-electron chi connectivity index (χ1n) is 10.7. The van der Waals surface area contributed by atoms with Crippen molar-refractivity contribution in [1.29, 1.82) is 0 Å². The third-order valence-corrected chi connectivity index (χ3v) is 8.77. The topological polar surface area (TPSA) is 104 Å². The SMILES string of the molecule is C[C@@H](NS(=O)(=O)c1nnc(NC(=O)c2ccc(Cl)cc2Cl)s1)c1ccc(N2CCCCC2)cc1. The van der Waals surface area contributed by atoms with E-state index >= 15 is 0 Å². The van der Waals surface area contributed by atoms with Gasteiger partial charge in [-0.1, -0.05) is 46.7 Å². The highest BCUT2D eigenvalue weighted by atomic mass is 35.5. The third-order valence-electron chi connectivity index (χ3n) is 5.48. The van der Waals surface area contributed by atoms with Crippen LogP contribution >= 0.6 is 34.5 Å². The molecule has 1 fully saturated rings. The summed E-state index contributed by atoms with van der Waals surface area (Å²) in [7, 11) is -3.94. The number of benzene rings is 2. The molecule has 1 amide bonds. The van der Waals surface area contributed by atoms with Crippen LogP contribution in [-0.4, -0.2) is 37.6 Å². The van der Waals surface area contributed by atoms with Gasteiger partial charge in [-0.15, -0.1) is 10.2 Å². The molecule has 34 heavy (non-hydrogen) atoms. The highest BCUT2D eigenvalue weighted by Gasteiger charge is 2.24. The molecular formula is C22H23Cl2N5O3S2. The molecule has 180 valence electrons. The van der Waals surface area contributed by atoms with E-state index in [2.05, 4.69) is 25.1 Å². The van der Waals surface area contributed by atoms with E-state index in [1.54, 1.807) is 6.92 Å². The first-order chi connectivity index (χ1) is 16.2. The summed E-state index contributed by atoms with van der Waals surface area (Å²) in [5.41, 5.74) is 2.16. The number of carbonyl (C=O) groups is 1. The minimum Gasteiger partial charge on any atom is -0.372 e. The van der Waals surface area contributed by atoms with Gasteiger partial charge in [0.1, 0.15) is 0 Å². The normalized spacial score (nSPS) is 15.2. The van der Waals surface area contributed by atoms with Crippen molar-refractivity contribution < 1.29 is 13.2 Å². The number of piperidine rings is 1. The van der Waals surface area contributed by atoms with Gasteiger partial charge in [-0.05, 0) is 62.1 Å². The van der Waals surface area contributed by atoms with Crippen molar-refractivity contribution in [3.63, 3.8) is 0 Å². The van der Waals surface area contributed by atoms with Gasteiger partial charge in [0.15, 0.2) is 0 Å². The molecule has 1 aromatic heterocycles. The Morgan fingerprint density at radius 1 is 1.06 bits per heavy atom. The number of amides is 1. The second-order valence-corrected chi connectivity index (χ2v) is 11.6. The number of halogens is 2. The van der Waals surface area contributed by atoms with Crippen LogP contribution in [0.2, 0.25) is 10.0 Å². The predicted molar refractivity (Wildman–Crippen MR) is 136 cm³/mol. The molecular weight excluding hydrogens is 517 g/mol.